The molecule has 0 saturated carbocycles. The van der Waals surface area contributed by atoms with E-state index in [4.69, 9.17) is 9.47 Å². The van der Waals surface area contributed by atoms with Gasteiger partial charge in [0.1, 0.15) is 13.2 Å². The molecule has 0 bridgehead atoms. The SMILES string of the molecule is C=CCNCC(=O)N(C)Cc1ccc2c(c1)OCCO2. The third kappa shape index (κ3) is 3.74. The third-order valence-corrected chi connectivity index (χ3v) is 3.02. The molecule has 0 atom stereocenters. The summed E-state index contributed by atoms with van der Waals surface area (Å²) in [6.45, 7) is 6.24. The molecule has 1 amide bonds. The molecule has 1 aliphatic rings. The number of hydrogen-bond donors (Lipinski definition) is 1. The number of amides is 1. The average molecular weight is 276 g/mol. The van der Waals surface area contributed by atoms with Crippen molar-refractivity contribution in [3.8, 4) is 11.5 Å². The van der Waals surface area contributed by atoms with E-state index in [0.717, 1.165) is 17.1 Å². The lowest BCUT2D eigenvalue weighted by molar-refractivity contribution is -0.129. The normalized spacial score (nSPS) is 12.8. The lowest BCUT2D eigenvalue weighted by atomic mass is 10.2. The number of hydrogen-bond acceptors (Lipinski definition) is 4. The van der Waals surface area contributed by atoms with Crippen molar-refractivity contribution in [1.29, 1.82) is 0 Å². The molecular formula is C15H20N2O3. The zero-order valence-corrected chi connectivity index (χ0v) is 11.7. The summed E-state index contributed by atoms with van der Waals surface area (Å²) < 4.78 is 11.0. The first kappa shape index (κ1) is 14.4. The number of ether oxygens (including phenoxy) is 2. The molecule has 0 aromatic heterocycles. The summed E-state index contributed by atoms with van der Waals surface area (Å²) in [5.41, 5.74) is 1.02. The highest BCUT2D eigenvalue weighted by Gasteiger charge is 2.14. The van der Waals surface area contributed by atoms with Gasteiger partial charge in [0.25, 0.3) is 0 Å². The molecule has 1 aromatic rings. The largest absolute Gasteiger partial charge is 0.486 e. The summed E-state index contributed by atoms with van der Waals surface area (Å²) in [5, 5.41) is 3.00. The van der Waals surface area contributed by atoms with Gasteiger partial charge in [0, 0.05) is 20.1 Å². The Balaban J connectivity index is 1.92. The zero-order chi connectivity index (χ0) is 14.4. The zero-order valence-electron chi connectivity index (χ0n) is 11.7. The smallest absolute Gasteiger partial charge is 0.236 e. The van der Waals surface area contributed by atoms with Crippen LogP contribution in [-0.4, -0.2) is 44.2 Å². The fourth-order valence-corrected chi connectivity index (χ4v) is 1.96. The molecule has 0 saturated heterocycles. The second kappa shape index (κ2) is 6.96. The molecule has 5 nitrogen and oxygen atoms in total. The van der Waals surface area contributed by atoms with E-state index in [1.165, 1.54) is 0 Å². The van der Waals surface area contributed by atoms with Crippen LogP contribution in [0, 0.1) is 0 Å². The Bertz CT molecular complexity index is 488. The van der Waals surface area contributed by atoms with E-state index in [0.29, 0.717) is 32.8 Å². The highest BCUT2D eigenvalue weighted by Crippen LogP contribution is 2.30. The molecule has 0 unspecified atom stereocenters. The van der Waals surface area contributed by atoms with Gasteiger partial charge < -0.3 is 19.7 Å². The minimum absolute atomic E-state index is 0.0433. The van der Waals surface area contributed by atoms with Gasteiger partial charge in [-0.05, 0) is 17.7 Å². The summed E-state index contributed by atoms with van der Waals surface area (Å²) >= 11 is 0. The van der Waals surface area contributed by atoms with Crippen molar-refractivity contribution in [1.82, 2.24) is 10.2 Å². The molecule has 1 aliphatic heterocycles. The molecule has 5 heteroatoms. The molecular weight excluding hydrogens is 256 g/mol. The van der Waals surface area contributed by atoms with Crippen LogP contribution in [0.3, 0.4) is 0 Å². The first-order valence-corrected chi connectivity index (χ1v) is 6.65. The molecule has 1 N–H and O–H groups in total. The molecule has 1 aromatic carbocycles. The van der Waals surface area contributed by atoms with Crippen LogP contribution in [0.25, 0.3) is 0 Å². The number of nitrogens with one attached hydrogen (secondary N) is 1. The second-order valence-electron chi connectivity index (χ2n) is 4.65. The molecule has 108 valence electrons. The van der Waals surface area contributed by atoms with Gasteiger partial charge in [-0.3, -0.25) is 4.79 Å². The molecule has 2 rings (SSSR count). The Morgan fingerprint density at radius 3 is 2.90 bits per heavy atom. The summed E-state index contributed by atoms with van der Waals surface area (Å²) in [4.78, 5) is 13.6. The molecule has 0 radical (unpaired) electrons. The lowest BCUT2D eigenvalue weighted by Gasteiger charge is -2.21. The first-order valence-electron chi connectivity index (χ1n) is 6.65. The van der Waals surface area contributed by atoms with Gasteiger partial charge in [-0.25, -0.2) is 0 Å². The standard InChI is InChI=1S/C15H20N2O3/c1-3-6-16-10-15(18)17(2)11-12-4-5-13-14(9-12)20-8-7-19-13/h3-5,9,16H,1,6-8,10-11H2,2H3. The number of benzene rings is 1. The Kier molecular flexibility index (Phi) is 5.01. The van der Waals surface area contributed by atoms with Gasteiger partial charge in [0.05, 0.1) is 6.54 Å². The number of carbonyl (C=O) groups excluding carboxylic acids is 1. The summed E-state index contributed by atoms with van der Waals surface area (Å²) in [5.74, 6) is 1.56. The summed E-state index contributed by atoms with van der Waals surface area (Å²) in [6.07, 6.45) is 1.73. The van der Waals surface area contributed by atoms with Crippen molar-refractivity contribution in [3.05, 3.63) is 36.4 Å². The number of carbonyl (C=O) groups is 1. The fraction of sp³-hybridized carbons (Fsp3) is 0.400. The topological polar surface area (TPSA) is 50.8 Å². The minimum atomic E-state index is 0.0433. The number of nitrogens with zero attached hydrogens (tertiary/aromatic N) is 1. The van der Waals surface area contributed by atoms with Gasteiger partial charge in [0.15, 0.2) is 11.5 Å². The Hall–Kier alpha value is -2.01. The van der Waals surface area contributed by atoms with Crippen LogP contribution in [0.5, 0.6) is 11.5 Å². The first-order chi connectivity index (χ1) is 9.70. The number of fused-ring (bicyclic) bond motifs is 1. The number of likely N-dealkylation sites (N-methyl/N-ethyl adjacent to an activating group) is 1. The molecule has 1 heterocycles. The fourth-order valence-electron chi connectivity index (χ4n) is 1.96. The van der Waals surface area contributed by atoms with Crippen molar-refractivity contribution >= 4 is 5.91 Å². The summed E-state index contributed by atoms with van der Waals surface area (Å²) in [7, 11) is 1.79. The van der Waals surface area contributed by atoms with Gasteiger partial charge in [-0.1, -0.05) is 12.1 Å². The molecule has 0 fully saturated rings. The third-order valence-electron chi connectivity index (χ3n) is 3.02. The average Bonchev–Trinajstić information content (AvgIpc) is 2.47. The van der Waals surface area contributed by atoms with E-state index in [1.807, 2.05) is 18.2 Å². The van der Waals surface area contributed by atoms with E-state index < -0.39 is 0 Å². The van der Waals surface area contributed by atoms with E-state index in [9.17, 15) is 4.79 Å². The quantitative estimate of drug-likeness (QED) is 0.626. The highest BCUT2D eigenvalue weighted by atomic mass is 16.6. The molecule has 0 aliphatic carbocycles. The lowest BCUT2D eigenvalue weighted by Crippen LogP contribution is -2.35. The maximum atomic E-state index is 11.9. The van der Waals surface area contributed by atoms with Gasteiger partial charge >= 0.3 is 0 Å². The monoisotopic (exact) mass is 276 g/mol. The Morgan fingerprint density at radius 2 is 2.15 bits per heavy atom. The van der Waals surface area contributed by atoms with E-state index in [2.05, 4.69) is 11.9 Å². The van der Waals surface area contributed by atoms with Gasteiger partial charge in [-0.15, -0.1) is 6.58 Å². The van der Waals surface area contributed by atoms with E-state index >= 15 is 0 Å². The molecule has 0 spiro atoms. The van der Waals surface area contributed by atoms with Crippen molar-refractivity contribution < 1.29 is 14.3 Å². The van der Waals surface area contributed by atoms with Crippen LogP contribution in [0.1, 0.15) is 5.56 Å². The van der Waals surface area contributed by atoms with Crippen molar-refractivity contribution in [3.63, 3.8) is 0 Å². The predicted octanol–water partition coefficient (Wildman–Crippen LogP) is 1.19. The van der Waals surface area contributed by atoms with Crippen LogP contribution >= 0.6 is 0 Å². The maximum Gasteiger partial charge on any atom is 0.236 e. The molecule has 20 heavy (non-hydrogen) atoms. The minimum Gasteiger partial charge on any atom is -0.486 e. The van der Waals surface area contributed by atoms with Crippen LogP contribution in [-0.2, 0) is 11.3 Å². The van der Waals surface area contributed by atoms with Crippen molar-refractivity contribution in [2.45, 2.75) is 6.54 Å². The van der Waals surface area contributed by atoms with E-state index in [1.54, 1.807) is 18.0 Å². The van der Waals surface area contributed by atoms with Gasteiger partial charge in [-0.2, -0.15) is 0 Å². The predicted molar refractivity (Wildman–Crippen MR) is 77.0 cm³/mol. The van der Waals surface area contributed by atoms with Crippen LogP contribution < -0.4 is 14.8 Å². The van der Waals surface area contributed by atoms with Gasteiger partial charge in [0.2, 0.25) is 5.91 Å². The van der Waals surface area contributed by atoms with Crippen LogP contribution in [0.4, 0.5) is 0 Å². The summed E-state index contributed by atoms with van der Waals surface area (Å²) in [6, 6.07) is 5.77. The van der Waals surface area contributed by atoms with Crippen LogP contribution in [0.2, 0.25) is 0 Å². The highest BCUT2D eigenvalue weighted by molar-refractivity contribution is 5.78. The van der Waals surface area contributed by atoms with E-state index in [-0.39, 0.29) is 5.91 Å². The van der Waals surface area contributed by atoms with Crippen LogP contribution in [0.15, 0.2) is 30.9 Å². The Morgan fingerprint density at radius 1 is 1.40 bits per heavy atom. The Labute approximate surface area is 119 Å². The van der Waals surface area contributed by atoms with Crippen molar-refractivity contribution in [2.24, 2.45) is 0 Å². The maximum absolute atomic E-state index is 11.9. The number of rotatable bonds is 6. The second-order valence-corrected chi connectivity index (χ2v) is 4.65. The van der Waals surface area contributed by atoms with Crippen molar-refractivity contribution in [2.75, 3.05) is 33.4 Å².